The molecule has 3 heterocycles. The Hall–Kier alpha value is -3.16. The normalized spacial score (nSPS) is 14.6. The van der Waals surface area contributed by atoms with Crippen molar-refractivity contribution in [3.63, 3.8) is 0 Å². The first-order chi connectivity index (χ1) is 14.0. The summed E-state index contributed by atoms with van der Waals surface area (Å²) in [4.78, 5) is 21.5. The minimum absolute atomic E-state index is 0.151. The minimum Gasteiger partial charge on any atom is -0.497 e. The van der Waals surface area contributed by atoms with Crippen molar-refractivity contribution in [2.45, 2.75) is 26.2 Å². The lowest BCUT2D eigenvalue weighted by atomic mass is 10.1. The number of ether oxygens (including phenoxy) is 1. The molecule has 0 bridgehead atoms. The Kier molecular flexibility index (Phi) is 5.33. The van der Waals surface area contributed by atoms with Crippen LogP contribution in [0.3, 0.4) is 0 Å². The second-order valence-corrected chi connectivity index (χ2v) is 7.59. The SMILES string of the molecule is COc1ccc(CC(=O)N2CCN(c3cc(C(C)C)n4cnnc4n3)CC2)cc1. The highest BCUT2D eigenvalue weighted by atomic mass is 16.5. The molecule has 0 radical (unpaired) electrons. The van der Waals surface area contributed by atoms with Crippen LogP contribution in [0.1, 0.15) is 31.0 Å². The highest BCUT2D eigenvalue weighted by molar-refractivity contribution is 5.79. The second kappa shape index (κ2) is 8.06. The van der Waals surface area contributed by atoms with Gasteiger partial charge in [-0.3, -0.25) is 9.20 Å². The molecule has 3 aromatic rings. The maximum Gasteiger partial charge on any atom is 0.256 e. The summed E-state index contributed by atoms with van der Waals surface area (Å²) < 4.78 is 7.11. The lowest BCUT2D eigenvalue weighted by Crippen LogP contribution is -2.49. The molecule has 0 N–H and O–H groups in total. The number of amides is 1. The average Bonchev–Trinajstić information content (AvgIpc) is 3.22. The van der Waals surface area contributed by atoms with Crippen LogP contribution >= 0.6 is 0 Å². The van der Waals surface area contributed by atoms with Crippen molar-refractivity contribution >= 4 is 17.5 Å². The van der Waals surface area contributed by atoms with Crippen molar-refractivity contribution in [1.29, 1.82) is 0 Å². The molecule has 2 aromatic heterocycles. The van der Waals surface area contributed by atoms with Crippen LogP contribution < -0.4 is 9.64 Å². The number of piperazine rings is 1. The van der Waals surface area contributed by atoms with Gasteiger partial charge in [0.25, 0.3) is 5.78 Å². The molecule has 1 fully saturated rings. The minimum atomic E-state index is 0.151. The lowest BCUT2D eigenvalue weighted by molar-refractivity contribution is -0.130. The predicted molar refractivity (Wildman–Crippen MR) is 110 cm³/mol. The van der Waals surface area contributed by atoms with Gasteiger partial charge in [0.2, 0.25) is 5.91 Å². The Labute approximate surface area is 170 Å². The van der Waals surface area contributed by atoms with Crippen LogP contribution in [-0.4, -0.2) is 63.7 Å². The molecule has 4 rings (SSSR count). The topological polar surface area (TPSA) is 75.9 Å². The molecular formula is C21H26N6O2. The molecule has 152 valence electrons. The van der Waals surface area contributed by atoms with Crippen LogP contribution in [0.2, 0.25) is 0 Å². The Morgan fingerprint density at radius 1 is 1.14 bits per heavy atom. The van der Waals surface area contributed by atoms with E-state index in [0.717, 1.165) is 35.9 Å². The summed E-state index contributed by atoms with van der Waals surface area (Å²) in [7, 11) is 1.64. The highest BCUT2D eigenvalue weighted by Gasteiger charge is 2.23. The number of nitrogens with zero attached hydrogens (tertiary/aromatic N) is 6. The zero-order valence-corrected chi connectivity index (χ0v) is 17.1. The van der Waals surface area contributed by atoms with Crippen molar-refractivity contribution in [3.8, 4) is 5.75 Å². The van der Waals surface area contributed by atoms with Gasteiger partial charge in [-0.15, -0.1) is 10.2 Å². The van der Waals surface area contributed by atoms with E-state index in [2.05, 4.69) is 40.0 Å². The smallest absolute Gasteiger partial charge is 0.256 e. The van der Waals surface area contributed by atoms with E-state index in [-0.39, 0.29) is 5.91 Å². The van der Waals surface area contributed by atoms with E-state index in [0.29, 0.717) is 31.2 Å². The molecule has 0 saturated carbocycles. The number of hydrogen-bond acceptors (Lipinski definition) is 6. The van der Waals surface area contributed by atoms with Gasteiger partial charge in [-0.1, -0.05) is 26.0 Å². The van der Waals surface area contributed by atoms with Gasteiger partial charge >= 0.3 is 0 Å². The van der Waals surface area contributed by atoms with Gasteiger partial charge in [0, 0.05) is 37.9 Å². The van der Waals surface area contributed by atoms with Crippen LogP contribution in [0.25, 0.3) is 5.78 Å². The first-order valence-corrected chi connectivity index (χ1v) is 9.91. The van der Waals surface area contributed by atoms with Crippen LogP contribution in [0.4, 0.5) is 5.82 Å². The number of benzene rings is 1. The molecule has 1 aromatic carbocycles. The van der Waals surface area contributed by atoms with E-state index in [1.54, 1.807) is 13.4 Å². The van der Waals surface area contributed by atoms with E-state index in [1.165, 1.54) is 0 Å². The van der Waals surface area contributed by atoms with Crippen molar-refractivity contribution < 1.29 is 9.53 Å². The van der Waals surface area contributed by atoms with Gasteiger partial charge in [0.1, 0.15) is 17.9 Å². The summed E-state index contributed by atoms with van der Waals surface area (Å²) >= 11 is 0. The van der Waals surface area contributed by atoms with Gasteiger partial charge in [-0.25, -0.2) is 0 Å². The monoisotopic (exact) mass is 394 g/mol. The molecule has 1 amide bonds. The molecule has 1 saturated heterocycles. The Bertz CT molecular complexity index is 990. The summed E-state index contributed by atoms with van der Waals surface area (Å²) in [6, 6.07) is 9.77. The second-order valence-electron chi connectivity index (χ2n) is 7.59. The summed E-state index contributed by atoms with van der Waals surface area (Å²) in [5, 5.41) is 8.11. The molecule has 0 aliphatic carbocycles. The number of hydrogen-bond donors (Lipinski definition) is 0. The Morgan fingerprint density at radius 2 is 1.86 bits per heavy atom. The fraction of sp³-hybridized carbons (Fsp3) is 0.429. The molecule has 0 unspecified atom stereocenters. The fourth-order valence-electron chi connectivity index (χ4n) is 3.65. The Morgan fingerprint density at radius 3 is 2.52 bits per heavy atom. The van der Waals surface area contributed by atoms with Crippen molar-refractivity contribution in [2.75, 3.05) is 38.2 Å². The number of carbonyl (C=O) groups excluding carboxylic acids is 1. The predicted octanol–water partition coefficient (Wildman–Crippen LogP) is 2.15. The summed E-state index contributed by atoms with van der Waals surface area (Å²) in [5.74, 6) is 2.80. The van der Waals surface area contributed by atoms with Crippen LogP contribution in [0.5, 0.6) is 5.75 Å². The standard InChI is InChI=1S/C21H26N6O2/c1-15(2)18-13-19(23-21-24-22-14-27(18)21)25-8-10-26(11-9-25)20(28)12-16-4-6-17(29-3)7-5-16/h4-7,13-15H,8-12H2,1-3H3. The van der Waals surface area contributed by atoms with E-state index < -0.39 is 0 Å². The number of fused-ring (bicyclic) bond motifs is 1. The van der Waals surface area contributed by atoms with Gasteiger partial charge in [-0.05, 0) is 23.6 Å². The zero-order valence-electron chi connectivity index (χ0n) is 17.1. The molecule has 8 nitrogen and oxygen atoms in total. The molecule has 8 heteroatoms. The third kappa shape index (κ3) is 4.01. The number of carbonyl (C=O) groups is 1. The van der Waals surface area contributed by atoms with Crippen LogP contribution in [0.15, 0.2) is 36.7 Å². The molecule has 0 spiro atoms. The largest absolute Gasteiger partial charge is 0.497 e. The van der Waals surface area contributed by atoms with Crippen molar-refractivity contribution in [3.05, 3.63) is 47.9 Å². The fourth-order valence-corrected chi connectivity index (χ4v) is 3.65. The van der Waals surface area contributed by atoms with Gasteiger partial charge in [0.05, 0.1) is 13.5 Å². The average molecular weight is 394 g/mol. The van der Waals surface area contributed by atoms with Gasteiger partial charge < -0.3 is 14.5 Å². The molecule has 1 aliphatic heterocycles. The number of anilines is 1. The number of methoxy groups -OCH3 is 1. The molecular weight excluding hydrogens is 368 g/mol. The van der Waals surface area contributed by atoms with E-state index in [4.69, 9.17) is 4.74 Å². The maximum atomic E-state index is 12.7. The van der Waals surface area contributed by atoms with Crippen LogP contribution in [0, 0.1) is 0 Å². The van der Waals surface area contributed by atoms with E-state index >= 15 is 0 Å². The lowest BCUT2D eigenvalue weighted by Gasteiger charge is -2.35. The molecule has 1 aliphatic rings. The first-order valence-electron chi connectivity index (χ1n) is 9.91. The van der Waals surface area contributed by atoms with E-state index in [1.807, 2.05) is 33.6 Å². The van der Waals surface area contributed by atoms with Crippen molar-refractivity contribution in [1.82, 2.24) is 24.5 Å². The summed E-state index contributed by atoms with van der Waals surface area (Å²) in [6.07, 6.45) is 2.11. The number of aromatic nitrogens is 4. The highest BCUT2D eigenvalue weighted by Crippen LogP contribution is 2.22. The Balaban J connectivity index is 1.41. The quantitative estimate of drug-likeness (QED) is 0.660. The van der Waals surface area contributed by atoms with Crippen molar-refractivity contribution in [2.24, 2.45) is 0 Å². The van der Waals surface area contributed by atoms with Gasteiger partial charge in [0.15, 0.2) is 0 Å². The molecule has 0 atom stereocenters. The number of rotatable bonds is 5. The van der Waals surface area contributed by atoms with Crippen LogP contribution in [-0.2, 0) is 11.2 Å². The van der Waals surface area contributed by atoms with Gasteiger partial charge in [-0.2, -0.15) is 4.98 Å². The zero-order chi connectivity index (χ0) is 20.4. The third-order valence-corrected chi connectivity index (χ3v) is 5.36. The maximum absolute atomic E-state index is 12.7. The van der Waals surface area contributed by atoms with E-state index in [9.17, 15) is 4.79 Å². The first kappa shape index (κ1) is 19.2. The summed E-state index contributed by atoms with van der Waals surface area (Å²) in [5.41, 5.74) is 2.13. The summed E-state index contributed by atoms with van der Waals surface area (Å²) in [6.45, 7) is 7.17. The third-order valence-electron chi connectivity index (χ3n) is 5.36. The molecule has 29 heavy (non-hydrogen) atoms.